The Morgan fingerprint density at radius 3 is 2.58 bits per heavy atom. The zero-order valence-electron chi connectivity index (χ0n) is 17.6. The van der Waals surface area contributed by atoms with Gasteiger partial charge in [0, 0.05) is 0 Å². The highest BCUT2D eigenvalue weighted by molar-refractivity contribution is 5.79. The Balaban J connectivity index is 2.58. The lowest BCUT2D eigenvalue weighted by molar-refractivity contribution is -0.383. The lowest BCUT2D eigenvalue weighted by atomic mass is 10.1. The van der Waals surface area contributed by atoms with Gasteiger partial charge in [0.05, 0.1) is 31.3 Å². The van der Waals surface area contributed by atoms with Crippen LogP contribution in [0.15, 0.2) is 24.3 Å². The minimum Gasteiger partial charge on any atom is -0.468 e. The molecule has 0 aliphatic rings. The lowest BCUT2D eigenvalue weighted by Gasteiger charge is -2.29. The number of methoxy groups -OCH3 is 1. The summed E-state index contributed by atoms with van der Waals surface area (Å²) < 4.78 is 10.3. The molecule has 0 aliphatic carbocycles. The Kier molecular flexibility index (Phi) is 8.08. The summed E-state index contributed by atoms with van der Waals surface area (Å²) in [6, 6.07) is 6.00. The predicted molar refractivity (Wildman–Crippen MR) is 114 cm³/mol. The van der Waals surface area contributed by atoms with Gasteiger partial charge in [-0.3, -0.25) is 14.9 Å². The molecule has 0 saturated carbocycles. The minimum absolute atomic E-state index is 0.114. The maximum absolute atomic E-state index is 12.1. The number of hydrogen-bond acceptors (Lipinski definition) is 9. The molecule has 2 rings (SSSR count). The van der Waals surface area contributed by atoms with E-state index in [9.17, 15) is 14.9 Å². The summed E-state index contributed by atoms with van der Waals surface area (Å²) in [5, 5.41) is 11.7. The van der Waals surface area contributed by atoms with Crippen LogP contribution >= 0.6 is 0 Å². The van der Waals surface area contributed by atoms with Crippen LogP contribution < -0.4 is 15.4 Å². The van der Waals surface area contributed by atoms with Crippen LogP contribution in [0.5, 0.6) is 6.01 Å². The van der Waals surface area contributed by atoms with Gasteiger partial charge < -0.3 is 20.1 Å². The average molecular weight is 428 g/mol. The van der Waals surface area contributed by atoms with Gasteiger partial charge in [-0.2, -0.15) is 9.97 Å². The highest BCUT2D eigenvalue weighted by Gasteiger charge is 2.32. The van der Waals surface area contributed by atoms with Crippen LogP contribution in [0.1, 0.15) is 38.3 Å². The van der Waals surface area contributed by atoms with Crippen LogP contribution in [-0.4, -0.2) is 41.1 Å². The summed E-state index contributed by atoms with van der Waals surface area (Å²) in [6.45, 7) is 10.8. The van der Waals surface area contributed by atoms with Gasteiger partial charge in [-0.15, -0.1) is 0 Å². The first-order valence-corrected chi connectivity index (χ1v) is 9.57. The fourth-order valence-corrected chi connectivity index (χ4v) is 2.79. The zero-order chi connectivity index (χ0) is 23.0. The Bertz CT molecular complexity index is 973. The van der Waals surface area contributed by atoms with Crippen molar-refractivity contribution in [3.8, 4) is 6.01 Å². The van der Waals surface area contributed by atoms with Crippen LogP contribution in [0.4, 0.5) is 23.0 Å². The monoisotopic (exact) mass is 428 g/mol. The number of nitrogens with zero attached hydrogens (tertiary/aromatic N) is 5. The molecule has 0 radical (unpaired) electrons. The molecule has 1 unspecified atom stereocenters. The predicted octanol–water partition coefficient (Wildman–Crippen LogP) is 3.44. The molecule has 11 heteroatoms. The van der Waals surface area contributed by atoms with E-state index in [4.69, 9.17) is 21.8 Å². The number of nitrogens with two attached hydrogens (primary N) is 1. The van der Waals surface area contributed by atoms with Crippen LogP contribution in [0, 0.1) is 16.7 Å². The Hall–Kier alpha value is -3.94. The summed E-state index contributed by atoms with van der Waals surface area (Å²) in [5.41, 5.74) is 6.47. The normalized spacial score (nSPS) is 11.3. The van der Waals surface area contributed by atoms with Gasteiger partial charge in [0.1, 0.15) is 6.54 Å². The van der Waals surface area contributed by atoms with Crippen LogP contribution in [-0.2, 0) is 9.53 Å². The molecule has 1 aromatic heterocycles. The quantitative estimate of drug-likeness (QED) is 0.198. The van der Waals surface area contributed by atoms with E-state index in [-0.39, 0.29) is 24.2 Å². The molecule has 0 saturated heterocycles. The van der Waals surface area contributed by atoms with Crippen LogP contribution in [0.3, 0.4) is 0 Å². The number of carbonyl (C=O) groups excluding carboxylic acids is 1. The highest BCUT2D eigenvalue weighted by Crippen LogP contribution is 2.37. The third-order valence-electron chi connectivity index (χ3n) is 4.55. The average Bonchev–Trinajstić information content (AvgIpc) is 2.76. The standard InChI is InChI=1S/C20H24N6O5/c1-5-6-11-31-20-23-18(21)17(26(28)29)19(24-20)25(12-16(27)30-4)13(2)14-7-9-15(22-3)10-8-14/h7-10,13H,5-6,11-12H2,1-2,4H3,(H2,21,23,24). The van der Waals surface area contributed by atoms with E-state index in [0.29, 0.717) is 17.9 Å². The summed E-state index contributed by atoms with van der Waals surface area (Å²) >= 11 is 0. The SMILES string of the molecule is [C-]#[N+]c1ccc(C(C)N(CC(=O)OC)c2nc(OCCCC)nc(N)c2[N+](=O)[O-])cc1. The third-order valence-corrected chi connectivity index (χ3v) is 4.55. The van der Waals surface area contributed by atoms with Crippen molar-refractivity contribution < 1.29 is 19.2 Å². The number of aromatic nitrogens is 2. The summed E-state index contributed by atoms with van der Waals surface area (Å²) in [7, 11) is 1.22. The molecule has 164 valence electrons. The van der Waals surface area contributed by atoms with E-state index in [1.54, 1.807) is 31.2 Å². The lowest BCUT2D eigenvalue weighted by Crippen LogP contribution is -2.34. The van der Waals surface area contributed by atoms with Crippen LogP contribution in [0.25, 0.3) is 4.85 Å². The van der Waals surface area contributed by atoms with Gasteiger partial charge in [-0.1, -0.05) is 37.6 Å². The zero-order valence-corrected chi connectivity index (χ0v) is 17.6. The molecule has 11 nitrogen and oxygen atoms in total. The molecular weight excluding hydrogens is 404 g/mol. The van der Waals surface area contributed by atoms with E-state index >= 15 is 0 Å². The molecule has 0 spiro atoms. The van der Waals surface area contributed by atoms with Gasteiger partial charge in [0.2, 0.25) is 11.6 Å². The molecule has 0 bridgehead atoms. The molecule has 0 amide bonds. The van der Waals surface area contributed by atoms with E-state index in [0.717, 1.165) is 12.8 Å². The molecule has 2 aromatic rings. The first kappa shape index (κ1) is 23.3. The van der Waals surface area contributed by atoms with Crippen molar-refractivity contribution in [2.75, 3.05) is 30.9 Å². The van der Waals surface area contributed by atoms with E-state index in [1.165, 1.54) is 12.0 Å². The second-order valence-corrected chi connectivity index (χ2v) is 6.61. The number of ether oxygens (including phenoxy) is 2. The molecule has 1 aromatic carbocycles. The molecule has 31 heavy (non-hydrogen) atoms. The Labute approximate surface area is 179 Å². The van der Waals surface area contributed by atoms with Crippen molar-refractivity contribution in [3.63, 3.8) is 0 Å². The molecule has 2 N–H and O–H groups in total. The number of esters is 1. The van der Waals surface area contributed by atoms with Gasteiger partial charge in [0.15, 0.2) is 5.69 Å². The van der Waals surface area contributed by atoms with Crippen molar-refractivity contribution in [2.45, 2.75) is 32.7 Å². The van der Waals surface area contributed by atoms with Gasteiger partial charge >= 0.3 is 17.7 Å². The second kappa shape index (κ2) is 10.7. The molecule has 0 fully saturated rings. The number of nitro groups is 1. The van der Waals surface area contributed by atoms with Gasteiger partial charge in [0.25, 0.3) is 0 Å². The number of nitrogen functional groups attached to an aromatic ring is 1. The number of unbranched alkanes of at least 4 members (excludes halogenated alkanes) is 1. The Morgan fingerprint density at radius 1 is 1.35 bits per heavy atom. The van der Waals surface area contributed by atoms with Crippen LogP contribution in [0.2, 0.25) is 0 Å². The number of benzene rings is 1. The number of hydrogen-bond donors (Lipinski definition) is 1. The minimum atomic E-state index is -0.695. The fraction of sp³-hybridized carbons (Fsp3) is 0.400. The van der Waals surface area contributed by atoms with E-state index < -0.39 is 22.6 Å². The molecule has 1 heterocycles. The smallest absolute Gasteiger partial charge is 0.353 e. The number of anilines is 2. The highest BCUT2D eigenvalue weighted by atomic mass is 16.6. The number of rotatable bonds is 10. The van der Waals surface area contributed by atoms with Crippen molar-refractivity contribution in [1.82, 2.24) is 9.97 Å². The Morgan fingerprint density at radius 2 is 2.03 bits per heavy atom. The summed E-state index contributed by atoms with van der Waals surface area (Å²) in [5.74, 6) is -1.15. The maximum Gasteiger partial charge on any atom is 0.353 e. The fourth-order valence-electron chi connectivity index (χ4n) is 2.79. The summed E-state index contributed by atoms with van der Waals surface area (Å²) in [4.78, 5) is 36.0. The summed E-state index contributed by atoms with van der Waals surface area (Å²) in [6.07, 6.45) is 1.62. The topological polar surface area (TPSA) is 138 Å². The second-order valence-electron chi connectivity index (χ2n) is 6.61. The first-order chi connectivity index (χ1) is 14.8. The van der Waals surface area contributed by atoms with Crippen molar-refractivity contribution >= 4 is 29.0 Å². The van der Waals surface area contributed by atoms with Crippen molar-refractivity contribution in [1.29, 1.82) is 0 Å². The molecule has 1 atom stereocenters. The maximum atomic E-state index is 12.1. The third kappa shape index (κ3) is 5.79. The van der Waals surface area contributed by atoms with E-state index in [1.807, 2.05) is 6.92 Å². The molecule has 0 aliphatic heterocycles. The van der Waals surface area contributed by atoms with Gasteiger partial charge in [-0.05, 0) is 18.9 Å². The number of carbonyl (C=O) groups is 1. The van der Waals surface area contributed by atoms with E-state index in [2.05, 4.69) is 14.8 Å². The first-order valence-electron chi connectivity index (χ1n) is 9.57. The molecular formula is C20H24N6O5. The van der Waals surface area contributed by atoms with Crippen molar-refractivity contribution in [3.05, 3.63) is 51.4 Å². The van der Waals surface area contributed by atoms with Crippen molar-refractivity contribution in [2.24, 2.45) is 0 Å². The largest absolute Gasteiger partial charge is 0.468 e. The van der Waals surface area contributed by atoms with Gasteiger partial charge in [-0.25, -0.2) is 4.85 Å².